The summed E-state index contributed by atoms with van der Waals surface area (Å²) < 4.78 is 5.86. The molecule has 0 radical (unpaired) electrons. The second-order valence-corrected chi connectivity index (χ2v) is 5.56. The van der Waals surface area contributed by atoms with Gasteiger partial charge in [0.15, 0.2) is 6.10 Å². The largest absolute Gasteiger partial charge is 0.481 e. The van der Waals surface area contributed by atoms with E-state index in [1.165, 1.54) is 5.56 Å². The van der Waals surface area contributed by atoms with Crippen molar-refractivity contribution in [2.24, 2.45) is 0 Å². The molecule has 1 N–H and O–H groups in total. The van der Waals surface area contributed by atoms with E-state index in [-0.39, 0.29) is 5.91 Å². The summed E-state index contributed by atoms with van der Waals surface area (Å²) in [7, 11) is 0. The van der Waals surface area contributed by atoms with Gasteiger partial charge in [-0.15, -0.1) is 0 Å². The summed E-state index contributed by atoms with van der Waals surface area (Å²) in [5, 5.41) is 2.94. The number of benzene rings is 2. The van der Waals surface area contributed by atoms with Gasteiger partial charge >= 0.3 is 0 Å². The summed E-state index contributed by atoms with van der Waals surface area (Å²) in [5.74, 6) is 0.616. The molecule has 0 aromatic heterocycles. The average molecular weight is 297 g/mol. The molecule has 1 unspecified atom stereocenters. The molecule has 2 aromatic rings. The van der Waals surface area contributed by atoms with Crippen molar-refractivity contribution in [3.05, 3.63) is 59.2 Å². The van der Waals surface area contributed by atoms with E-state index in [0.717, 1.165) is 22.6 Å². The second kappa shape index (κ2) is 7.12. The van der Waals surface area contributed by atoms with Crippen LogP contribution in [0.25, 0.3) is 0 Å². The van der Waals surface area contributed by atoms with Gasteiger partial charge in [-0.1, -0.05) is 31.2 Å². The van der Waals surface area contributed by atoms with Crippen molar-refractivity contribution in [1.82, 2.24) is 0 Å². The molecule has 22 heavy (non-hydrogen) atoms. The van der Waals surface area contributed by atoms with Crippen LogP contribution in [-0.4, -0.2) is 12.0 Å². The summed E-state index contributed by atoms with van der Waals surface area (Å²) in [4.78, 5) is 12.4. The molecule has 3 heteroatoms. The fourth-order valence-electron chi connectivity index (χ4n) is 2.20. The molecule has 2 aromatic carbocycles. The van der Waals surface area contributed by atoms with Crippen molar-refractivity contribution in [2.45, 2.75) is 40.2 Å². The van der Waals surface area contributed by atoms with E-state index in [1.54, 1.807) is 0 Å². The van der Waals surface area contributed by atoms with Crippen LogP contribution in [0, 0.1) is 20.8 Å². The van der Waals surface area contributed by atoms with Crippen molar-refractivity contribution in [2.75, 3.05) is 5.32 Å². The van der Waals surface area contributed by atoms with Gasteiger partial charge in [0.2, 0.25) is 0 Å². The zero-order chi connectivity index (χ0) is 16.1. The fourth-order valence-corrected chi connectivity index (χ4v) is 2.20. The highest BCUT2D eigenvalue weighted by Gasteiger charge is 2.19. The molecule has 0 saturated heterocycles. The van der Waals surface area contributed by atoms with Gasteiger partial charge in [-0.3, -0.25) is 4.79 Å². The Labute approximate surface area is 132 Å². The van der Waals surface area contributed by atoms with Crippen LogP contribution >= 0.6 is 0 Å². The molecule has 0 saturated carbocycles. The minimum atomic E-state index is -0.498. The SMILES string of the molecule is CCC(Oc1ccc(C)c(C)c1)C(=O)Nc1ccccc1C. The number of carbonyl (C=O) groups excluding carboxylic acids is 1. The Kier molecular flexibility index (Phi) is 5.21. The third-order valence-corrected chi connectivity index (χ3v) is 3.82. The molecule has 0 aliphatic heterocycles. The predicted molar refractivity (Wildman–Crippen MR) is 90.4 cm³/mol. The van der Waals surface area contributed by atoms with Crippen LogP contribution in [0.5, 0.6) is 5.75 Å². The van der Waals surface area contributed by atoms with E-state index in [0.29, 0.717) is 6.42 Å². The van der Waals surface area contributed by atoms with Crippen molar-refractivity contribution < 1.29 is 9.53 Å². The Hall–Kier alpha value is -2.29. The van der Waals surface area contributed by atoms with Gasteiger partial charge in [0.05, 0.1) is 0 Å². The second-order valence-electron chi connectivity index (χ2n) is 5.56. The maximum atomic E-state index is 12.4. The van der Waals surface area contributed by atoms with Crippen molar-refractivity contribution in [3.63, 3.8) is 0 Å². The van der Waals surface area contributed by atoms with Crippen molar-refractivity contribution in [1.29, 1.82) is 0 Å². The van der Waals surface area contributed by atoms with Gasteiger partial charge in [0.1, 0.15) is 5.75 Å². The first kappa shape index (κ1) is 16.1. The smallest absolute Gasteiger partial charge is 0.265 e. The predicted octanol–water partition coefficient (Wildman–Crippen LogP) is 4.41. The highest BCUT2D eigenvalue weighted by molar-refractivity contribution is 5.95. The van der Waals surface area contributed by atoms with Gasteiger partial charge < -0.3 is 10.1 Å². The zero-order valence-electron chi connectivity index (χ0n) is 13.6. The van der Waals surface area contributed by atoms with Crippen LogP contribution in [-0.2, 0) is 4.79 Å². The van der Waals surface area contributed by atoms with Crippen LogP contribution in [0.15, 0.2) is 42.5 Å². The van der Waals surface area contributed by atoms with Crippen LogP contribution in [0.1, 0.15) is 30.0 Å². The summed E-state index contributed by atoms with van der Waals surface area (Å²) in [5.41, 5.74) is 4.24. The fraction of sp³-hybridized carbons (Fsp3) is 0.316. The summed E-state index contributed by atoms with van der Waals surface area (Å²) in [6.45, 7) is 8.02. The van der Waals surface area contributed by atoms with Crippen LogP contribution in [0.3, 0.4) is 0 Å². The number of para-hydroxylation sites is 1. The Bertz CT molecular complexity index is 664. The summed E-state index contributed by atoms with van der Waals surface area (Å²) in [6.07, 6.45) is 0.117. The lowest BCUT2D eigenvalue weighted by atomic mass is 10.1. The summed E-state index contributed by atoms with van der Waals surface area (Å²) in [6, 6.07) is 13.6. The molecular formula is C19H23NO2. The molecule has 116 valence electrons. The number of nitrogens with one attached hydrogen (secondary N) is 1. The van der Waals surface area contributed by atoms with E-state index < -0.39 is 6.10 Å². The third kappa shape index (κ3) is 3.88. The Morgan fingerprint density at radius 3 is 2.41 bits per heavy atom. The normalized spacial score (nSPS) is 11.8. The molecule has 1 atom stereocenters. The average Bonchev–Trinajstić information content (AvgIpc) is 2.50. The first-order chi connectivity index (χ1) is 10.5. The molecule has 0 spiro atoms. The highest BCUT2D eigenvalue weighted by Crippen LogP contribution is 2.20. The monoisotopic (exact) mass is 297 g/mol. The number of hydrogen-bond donors (Lipinski definition) is 1. The van der Waals surface area contributed by atoms with Crippen LogP contribution < -0.4 is 10.1 Å². The maximum Gasteiger partial charge on any atom is 0.265 e. The number of amides is 1. The molecule has 0 bridgehead atoms. The van der Waals surface area contributed by atoms with Gasteiger partial charge in [-0.25, -0.2) is 0 Å². The van der Waals surface area contributed by atoms with Gasteiger partial charge in [-0.05, 0) is 62.1 Å². The number of ether oxygens (including phenoxy) is 1. The number of anilines is 1. The molecule has 1 amide bonds. The Morgan fingerprint density at radius 2 is 1.77 bits per heavy atom. The lowest BCUT2D eigenvalue weighted by Crippen LogP contribution is -2.32. The van der Waals surface area contributed by atoms with Gasteiger partial charge in [0.25, 0.3) is 5.91 Å². The van der Waals surface area contributed by atoms with Gasteiger partial charge in [-0.2, -0.15) is 0 Å². The molecule has 2 rings (SSSR count). The van der Waals surface area contributed by atoms with Crippen molar-refractivity contribution in [3.8, 4) is 5.75 Å². The van der Waals surface area contributed by atoms with Crippen molar-refractivity contribution >= 4 is 11.6 Å². The van der Waals surface area contributed by atoms with Crippen LogP contribution in [0.2, 0.25) is 0 Å². The molecule has 0 aliphatic rings. The number of aryl methyl sites for hydroxylation is 3. The molecule has 0 heterocycles. The minimum absolute atomic E-state index is 0.116. The molecule has 3 nitrogen and oxygen atoms in total. The zero-order valence-corrected chi connectivity index (χ0v) is 13.6. The lowest BCUT2D eigenvalue weighted by molar-refractivity contribution is -0.122. The van der Waals surface area contributed by atoms with E-state index in [9.17, 15) is 4.79 Å². The Balaban J connectivity index is 2.09. The van der Waals surface area contributed by atoms with Gasteiger partial charge in [0, 0.05) is 5.69 Å². The number of carbonyl (C=O) groups is 1. The summed E-state index contributed by atoms with van der Waals surface area (Å²) >= 11 is 0. The first-order valence-electron chi connectivity index (χ1n) is 7.61. The molecule has 0 aliphatic carbocycles. The topological polar surface area (TPSA) is 38.3 Å². The molecular weight excluding hydrogens is 274 g/mol. The minimum Gasteiger partial charge on any atom is -0.481 e. The quantitative estimate of drug-likeness (QED) is 0.888. The standard InChI is InChI=1S/C19H23NO2/c1-5-18(22-16-11-10-13(2)15(4)12-16)19(21)20-17-9-7-6-8-14(17)3/h6-12,18H,5H2,1-4H3,(H,20,21). The number of hydrogen-bond acceptors (Lipinski definition) is 2. The maximum absolute atomic E-state index is 12.4. The highest BCUT2D eigenvalue weighted by atomic mass is 16.5. The molecule has 0 fully saturated rings. The van der Waals surface area contributed by atoms with E-state index in [1.807, 2.05) is 63.2 Å². The first-order valence-corrected chi connectivity index (χ1v) is 7.61. The Morgan fingerprint density at radius 1 is 1.05 bits per heavy atom. The van der Waals surface area contributed by atoms with Crippen LogP contribution in [0.4, 0.5) is 5.69 Å². The van der Waals surface area contributed by atoms with E-state index in [2.05, 4.69) is 12.2 Å². The number of rotatable bonds is 5. The van der Waals surface area contributed by atoms with E-state index >= 15 is 0 Å². The lowest BCUT2D eigenvalue weighted by Gasteiger charge is -2.18. The van der Waals surface area contributed by atoms with E-state index in [4.69, 9.17) is 4.74 Å². The third-order valence-electron chi connectivity index (χ3n) is 3.82.